The third kappa shape index (κ3) is 6.01. The van der Waals surface area contributed by atoms with Gasteiger partial charge in [-0.1, -0.05) is 45.0 Å². The Bertz CT molecular complexity index is 1150. The Balaban J connectivity index is 1.96. The third-order valence-electron chi connectivity index (χ3n) is 5.13. The van der Waals surface area contributed by atoms with Crippen LogP contribution in [0.15, 0.2) is 53.0 Å². The van der Waals surface area contributed by atoms with E-state index in [-0.39, 0.29) is 17.2 Å². The van der Waals surface area contributed by atoms with Crippen LogP contribution in [-0.4, -0.2) is 27.9 Å². The molecular formula is C25H30N4O2S. The molecule has 32 heavy (non-hydrogen) atoms. The van der Waals surface area contributed by atoms with E-state index in [0.717, 1.165) is 23.4 Å². The topological polar surface area (TPSA) is 76.3 Å². The van der Waals surface area contributed by atoms with E-state index in [1.54, 1.807) is 18.3 Å². The zero-order valence-corrected chi connectivity index (χ0v) is 20.1. The standard InChI is InChI=1S/C25H30N4O2S/c1-17-7-8-20(15-27-17)23(31)28-24-29(14-6-13-26-18(2)30)22(16-32-24)19-9-11-21(12-10-19)25(3,4)5/h7-12,15-16H,6,13-14H2,1-5H3,(H,26,30). The number of carbonyl (C=O) groups excluding carboxylic acids is 2. The van der Waals surface area contributed by atoms with Crippen LogP contribution in [0.3, 0.4) is 0 Å². The molecule has 0 aliphatic rings. The smallest absolute Gasteiger partial charge is 0.281 e. The zero-order chi connectivity index (χ0) is 23.3. The first kappa shape index (κ1) is 23.6. The fraction of sp³-hybridized carbons (Fsp3) is 0.360. The summed E-state index contributed by atoms with van der Waals surface area (Å²) in [6.45, 7) is 11.2. The number of amides is 2. The van der Waals surface area contributed by atoms with Crippen molar-refractivity contribution in [2.24, 2.45) is 4.99 Å². The maximum absolute atomic E-state index is 12.7. The van der Waals surface area contributed by atoms with Gasteiger partial charge >= 0.3 is 0 Å². The highest BCUT2D eigenvalue weighted by atomic mass is 32.1. The monoisotopic (exact) mass is 450 g/mol. The van der Waals surface area contributed by atoms with Gasteiger partial charge in [-0.25, -0.2) is 0 Å². The maximum Gasteiger partial charge on any atom is 0.281 e. The van der Waals surface area contributed by atoms with E-state index in [4.69, 9.17) is 0 Å². The molecule has 0 aliphatic carbocycles. The molecular weight excluding hydrogens is 420 g/mol. The lowest BCUT2D eigenvalue weighted by molar-refractivity contribution is -0.118. The molecule has 2 heterocycles. The Hall–Kier alpha value is -3.06. The van der Waals surface area contributed by atoms with Crippen molar-refractivity contribution >= 4 is 23.2 Å². The Labute approximate surface area is 193 Å². The van der Waals surface area contributed by atoms with E-state index < -0.39 is 0 Å². The quantitative estimate of drug-likeness (QED) is 0.563. The van der Waals surface area contributed by atoms with Crippen LogP contribution in [0.4, 0.5) is 0 Å². The molecule has 0 unspecified atom stereocenters. The number of rotatable bonds is 6. The van der Waals surface area contributed by atoms with Gasteiger partial charge in [-0.15, -0.1) is 11.3 Å². The van der Waals surface area contributed by atoms with Crippen molar-refractivity contribution in [2.75, 3.05) is 6.54 Å². The number of aryl methyl sites for hydroxylation is 1. The van der Waals surface area contributed by atoms with Crippen LogP contribution in [0.1, 0.15) is 55.7 Å². The van der Waals surface area contributed by atoms with Crippen LogP contribution in [0.2, 0.25) is 0 Å². The van der Waals surface area contributed by atoms with Gasteiger partial charge in [0.15, 0.2) is 4.80 Å². The Morgan fingerprint density at radius 2 is 1.84 bits per heavy atom. The second kappa shape index (κ2) is 10.0. The average molecular weight is 451 g/mol. The normalized spacial score (nSPS) is 12.1. The fourth-order valence-corrected chi connectivity index (χ4v) is 4.19. The minimum Gasteiger partial charge on any atom is -0.356 e. The molecule has 0 saturated heterocycles. The highest BCUT2D eigenvalue weighted by molar-refractivity contribution is 7.07. The van der Waals surface area contributed by atoms with E-state index in [9.17, 15) is 9.59 Å². The summed E-state index contributed by atoms with van der Waals surface area (Å²) >= 11 is 1.44. The van der Waals surface area contributed by atoms with Crippen LogP contribution < -0.4 is 10.1 Å². The van der Waals surface area contributed by atoms with Gasteiger partial charge in [0.25, 0.3) is 5.91 Å². The number of hydrogen-bond donors (Lipinski definition) is 1. The van der Waals surface area contributed by atoms with Gasteiger partial charge in [0, 0.05) is 37.3 Å². The SMILES string of the molecule is CC(=O)NCCCn1c(-c2ccc(C(C)(C)C)cc2)csc1=NC(=O)c1ccc(C)nc1. The largest absolute Gasteiger partial charge is 0.356 e. The van der Waals surface area contributed by atoms with Crippen molar-refractivity contribution in [2.45, 2.75) is 53.0 Å². The molecule has 7 heteroatoms. The average Bonchev–Trinajstić information content (AvgIpc) is 3.13. The van der Waals surface area contributed by atoms with Gasteiger partial charge in [-0.2, -0.15) is 4.99 Å². The number of benzene rings is 1. The van der Waals surface area contributed by atoms with E-state index in [1.165, 1.54) is 23.8 Å². The van der Waals surface area contributed by atoms with E-state index in [1.807, 2.05) is 12.3 Å². The first-order valence-electron chi connectivity index (χ1n) is 10.7. The lowest BCUT2D eigenvalue weighted by atomic mass is 9.86. The number of nitrogens with zero attached hydrogens (tertiary/aromatic N) is 3. The van der Waals surface area contributed by atoms with Gasteiger partial charge < -0.3 is 9.88 Å². The highest BCUT2D eigenvalue weighted by Crippen LogP contribution is 2.26. The van der Waals surface area contributed by atoms with Gasteiger partial charge in [0.1, 0.15) is 0 Å². The molecule has 2 amide bonds. The molecule has 0 radical (unpaired) electrons. The minimum atomic E-state index is -0.315. The maximum atomic E-state index is 12.7. The van der Waals surface area contributed by atoms with Gasteiger partial charge in [0.05, 0.1) is 11.3 Å². The van der Waals surface area contributed by atoms with Crippen molar-refractivity contribution < 1.29 is 9.59 Å². The van der Waals surface area contributed by atoms with Crippen molar-refractivity contribution in [3.8, 4) is 11.3 Å². The van der Waals surface area contributed by atoms with Crippen molar-refractivity contribution in [1.82, 2.24) is 14.9 Å². The molecule has 2 aromatic heterocycles. The summed E-state index contributed by atoms with van der Waals surface area (Å²) in [5.74, 6) is -0.366. The van der Waals surface area contributed by atoms with Crippen LogP contribution >= 0.6 is 11.3 Å². The van der Waals surface area contributed by atoms with Crippen LogP contribution in [0.5, 0.6) is 0 Å². The summed E-state index contributed by atoms with van der Waals surface area (Å²) in [6.07, 6.45) is 2.29. The third-order valence-corrected chi connectivity index (χ3v) is 6.00. The summed E-state index contributed by atoms with van der Waals surface area (Å²) in [7, 11) is 0. The summed E-state index contributed by atoms with van der Waals surface area (Å²) in [5.41, 5.74) is 4.74. The van der Waals surface area contributed by atoms with Crippen LogP contribution in [0.25, 0.3) is 11.3 Å². The fourth-order valence-electron chi connectivity index (χ4n) is 3.25. The molecule has 0 fully saturated rings. The number of nitrogens with one attached hydrogen (secondary N) is 1. The number of hydrogen-bond acceptors (Lipinski definition) is 4. The first-order chi connectivity index (χ1) is 15.1. The summed E-state index contributed by atoms with van der Waals surface area (Å²) < 4.78 is 2.05. The molecule has 3 rings (SSSR count). The summed E-state index contributed by atoms with van der Waals surface area (Å²) in [6, 6.07) is 12.1. The van der Waals surface area contributed by atoms with E-state index in [2.05, 4.69) is 64.9 Å². The predicted octanol–water partition coefficient (Wildman–Crippen LogP) is 4.48. The zero-order valence-electron chi connectivity index (χ0n) is 19.3. The Kier molecular flexibility index (Phi) is 7.40. The van der Waals surface area contributed by atoms with E-state index >= 15 is 0 Å². The lowest BCUT2D eigenvalue weighted by Gasteiger charge is -2.19. The number of aromatic nitrogens is 2. The minimum absolute atomic E-state index is 0.0507. The van der Waals surface area contributed by atoms with Gasteiger partial charge in [0.2, 0.25) is 5.91 Å². The van der Waals surface area contributed by atoms with Gasteiger partial charge in [-0.3, -0.25) is 14.6 Å². The molecule has 0 atom stereocenters. The molecule has 0 aliphatic heterocycles. The molecule has 0 bridgehead atoms. The molecule has 1 aromatic carbocycles. The molecule has 3 aromatic rings. The van der Waals surface area contributed by atoms with Gasteiger partial charge in [-0.05, 0) is 42.0 Å². The molecule has 1 N–H and O–H groups in total. The van der Waals surface area contributed by atoms with Crippen molar-refractivity contribution in [3.05, 3.63) is 69.6 Å². The molecule has 0 spiro atoms. The number of pyridine rings is 1. The van der Waals surface area contributed by atoms with E-state index in [0.29, 0.717) is 23.5 Å². The second-order valence-electron chi connectivity index (χ2n) is 8.82. The number of carbonyl (C=O) groups is 2. The Morgan fingerprint density at radius 3 is 2.44 bits per heavy atom. The summed E-state index contributed by atoms with van der Waals surface area (Å²) in [4.78, 5) is 33.2. The Morgan fingerprint density at radius 1 is 1.12 bits per heavy atom. The second-order valence-corrected chi connectivity index (χ2v) is 9.66. The van der Waals surface area contributed by atoms with Crippen LogP contribution in [-0.2, 0) is 16.8 Å². The molecule has 168 valence electrons. The van der Waals surface area contributed by atoms with Crippen LogP contribution in [0, 0.1) is 6.92 Å². The molecule has 0 saturated carbocycles. The molecule has 6 nitrogen and oxygen atoms in total. The first-order valence-corrected chi connectivity index (χ1v) is 11.6. The van der Waals surface area contributed by atoms with Crippen molar-refractivity contribution in [1.29, 1.82) is 0 Å². The highest BCUT2D eigenvalue weighted by Gasteiger charge is 2.15. The number of thiazole rings is 1. The summed E-state index contributed by atoms with van der Waals surface area (Å²) in [5, 5.41) is 4.86. The van der Waals surface area contributed by atoms with Crippen molar-refractivity contribution in [3.63, 3.8) is 0 Å². The lowest BCUT2D eigenvalue weighted by Crippen LogP contribution is -2.24. The predicted molar refractivity (Wildman–Crippen MR) is 129 cm³/mol.